The van der Waals surface area contributed by atoms with Crippen LogP contribution in [0.3, 0.4) is 0 Å². The second-order valence-electron chi connectivity index (χ2n) is 4.49. The zero-order valence-corrected chi connectivity index (χ0v) is 11.7. The lowest BCUT2D eigenvalue weighted by atomic mass is 10.1. The van der Waals surface area contributed by atoms with Crippen molar-refractivity contribution in [2.45, 2.75) is 27.2 Å². The van der Waals surface area contributed by atoms with Gasteiger partial charge in [-0.15, -0.1) is 0 Å². The molecule has 0 spiro atoms. The van der Waals surface area contributed by atoms with E-state index < -0.39 is 0 Å². The molecule has 0 radical (unpaired) electrons. The van der Waals surface area contributed by atoms with Crippen molar-refractivity contribution >= 4 is 5.78 Å². The van der Waals surface area contributed by atoms with Gasteiger partial charge in [-0.05, 0) is 32.9 Å². The van der Waals surface area contributed by atoms with E-state index in [1.165, 1.54) is 0 Å². The van der Waals surface area contributed by atoms with Crippen molar-refractivity contribution in [1.29, 1.82) is 0 Å². The van der Waals surface area contributed by atoms with Crippen LogP contribution in [0.15, 0.2) is 24.3 Å². The van der Waals surface area contributed by atoms with E-state index in [-0.39, 0.29) is 5.78 Å². The summed E-state index contributed by atoms with van der Waals surface area (Å²) in [5.41, 5.74) is 0.710. The van der Waals surface area contributed by atoms with E-state index in [1.54, 1.807) is 11.8 Å². The van der Waals surface area contributed by atoms with Gasteiger partial charge in [-0.1, -0.05) is 12.1 Å². The van der Waals surface area contributed by atoms with Crippen molar-refractivity contribution in [1.82, 2.24) is 0 Å². The predicted octanol–water partition coefficient (Wildman–Crippen LogP) is 1.58. The average molecular weight is 250 g/mol. The Balaban J connectivity index is 2.35. The summed E-state index contributed by atoms with van der Waals surface area (Å²) >= 11 is 0. The fourth-order valence-corrected chi connectivity index (χ4v) is 1.92. The number of hydrogen-bond donors (Lipinski definition) is 1. The molecule has 0 bridgehead atoms. The van der Waals surface area contributed by atoms with Gasteiger partial charge < -0.3 is 9.64 Å². The number of nitrogens with one attached hydrogen (secondary N) is 1. The smallest absolute Gasteiger partial charge is 0.159 e. The Hall–Kier alpha value is -1.35. The molecule has 3 heteroatoms. The summed E-state index contributed by atoms with van der Waals surface area (Å²) in [6, 6.07) is 7.39. The lowest BCUT2D eigenvalue weighted by Gasteiger charge is -2.15. The van der Waals surface area contributed by atoms with Crippen LogP contribution in [0, 0.1) is 0 Å². The van der Waals surface area contributed by atoms with Gasteiger partial charge in [0.15, 0.2) is 5.78 Å². The fourth-order valence-electron chi connectivity index (χ4n) is 1.92. The third kappa shape index (κ3) is 4.88. The molecule has 3 nitrogen and oxygen atoms in total. The summed E-state index contributed by atoms with van der Waals surface area (Å²) in [6.07, 6.45) is 1.04. The van der Waals surface area contributed by atoms with Crippen LogP contribution in [0.2, 0.25) is 0 Å². The Morgan fingerprint density at radius 1 is 1.28 bits per heavy atom. The number of benzene rings is 1. The molecule has 0 fully saturated rings. The lowest BCUT2D eigenvalue weighted by Crippen LogP contribution is -3.11. The van der Waals surface area contributed by atoms with Crippen molar-refractivity contribution in [2.75, 3.05) is 26.2 Å². The number of carbonyl (C=O) groups is 1. The molecular weight excluding hydrogens is 226 g/mol. The standard InChI is InChI=1S/C15H23NO2/c1-4-16(5-2)10-7-11-18-15-9-6-8-14(12-15)13(3)17/h6,8-9,12H,4-5,7,10-11H2,1-3H3/p+1. The first-order chi connectivity index (χ1) is 8.67. The van der Waals surface area contributed by atoms with E-state index in [1.807, 2.05) is 24.3 Å². The molecule has 0 amide bonds. The van der Waals surface area contributed by atoms with Crippen LogP contribution in [-0.4, -0.2) is 32.0 Å². The van der Waals surface area contributed by atoms with E-state index in [0.29, 0.717) is 12.2 Å². The summed E-state index contributed by atoms with van der Waals surface area (Å²) in [5, 5.41) is 0. The Morgan fingerprint density at radius 3 is 2.61 bits per heavy atom. The molecule has 0 atom stereocenters. The maximum Gasteiger partial charge on any atom is 0.159 e. The number of quaternary nitrogens is 1. The van der Waals surface area contributed by atoms with Crippen LogP contribution in [-0.2, 0) is 0 Å². The molecule has 0 saturated carbocycles. The van der Waals surface area contributed by atoms with E-state index in [2.05, 4.69) is 13.8 Å². The summed E-state index contributed by atoms with van der Waals surface area (Å²) < 4.78 is 5.67. The van der Waals surface area contributed by atoms with Crippen molar-refractivity contribution in [3.63, 3.8) is 0 Å². The molecule has 0 aliphatic carbocycles. The maximum absolute atomic E-state index is 11.2. The van der Waals surface area contributed by atoms with Gasteiger partial charge in [0.1, 0.15) is 5.75 Å². The highest BCUT2D eigenvalue weighted by Crippen LogP contribution is 2.13. The van der Waals surface area contributed by atoms with Crippen LogP contribution in [0.4, 0.5) is 0 Å². The molecule has 100 valence electrons. The highest BCUT2D eigenvalue weighted by atomic mass is 16.5. The first kappa shape index (κ1) is 14.7. The summed E-state index contributed by atoms with van der Waals surface area (Å²) in [6.45, 7) is 10.2. The molecular formula is C15H24NO2+. The molecule has 0 saturated heterocycles. The molecule has 1 rings (SSSR count). The van der Waals surface area contributed by atoms with Gasteiger partial charge in [-0.25, -0.2) is 0 Å². The van der Waals surface area contributed by atoms with Gasteiger partial charge >= 0.3 is 0 Å². The minimum Gasteiger partial charge on any atom is -0.493 e. The first-order valence-corrected chi connectivity index (χ1v) is 6.74. The lowest BCUT2D eigenvalue weighted by molar-refractivity contribution is -0.896. The molecule has 0 unspecified atom stereocenters. The van der Waals surface area contributed by atoms with E-state index in [4.69, 9.17) is 4.74 Å². The highest BCUT2D eigenvalue weighted by molar-refractivity contribution is 5.94. The van der Waals surface area contributed by atoms with Crippen LogP contribution < -0.4 is 9.64 Å². The van der Waals surface area contributed by atoms with Crippen LogP contribution in [0.1, 0.15) is 37.6 Å². The Labute approximate surface area is 110 Å². The molecule has 0 aliphatic rings. The highest BCUT2D eigenvalue weighted by Gasteiger charge is 2.03. The van der Waals surface area contributed by atoms with Gasteiger partial charge in [0, 0.05) is 12.0 Å². The zero-order chi connectivity index (χ0) is 13.4. The number of rotatable bonds is 8. The van der Waals surface area contributed by atoms with Crippen molar-refractivity contribution in [2.24, 2.45) is 0 Å². The van der Waals surface area contributed by atoms with Crippen LogP contribution in [0.25, 0.3) is 0 Å². The SMILES string of the molecule is CC[NH+](CC)CCCOc1cccc(C(C)=O)c1. The molecule has 0 aromatic heterocycles. The van der Waals surface area contributed by atoms with Crippen molar-refractivity contribution < 1.29 is 14.4 Å². The number of ether oxygens (including phenoxy) is 1. The Bertz CT molecular complexity index is 373. The largest absolute Gasteiger partial charge is 0.493 e. The van der Waals surface area contributed by atoms with Gasteiger partial charge in [0.25, 0.3) is 0 Å². The van der Waals surface area contributed by atoms with Crippen LogP contribution >= 0.6 is 0 Å². The van der Waals surface area contributed by atoms with E-state index in [0.717, 1.165) is 31.8 Å². The third-order valence-corrected chi connectivity index (χ3v) is 3.18. The van der Waals surface area contributed by atoms with E-state index in [9.17, 15) is 4.79 Å². The second kappa shape index (κ2) is 7.88. The third-order valence-electron chi connectivity index (χ3n) is 3.18. The summed E-state index contributed by atoms with van der Waals surface area (Å²) in [7, 11) is 0. The minimum absolute atomic E-state index is 0.0769. The summed E-state index contributed by atoms with van der Waals surface area (Å²) in [4.78, 5) is 12.8. The Morgan fingerprint density at radius 2 is 2.00 bits per heavy atom. The molecule has 0 aliphatic heterocycles. The van der Waals surface area contributed by atoms with Gasteiger partial charge in [-0.2, -0.15) is 0 Å². The molecule has 18 heavy (non-hydrogen) atoms. The van der Waals surface area contributed by atoms with Gasteiger partial charge in [-0.3, -0.25) is 4.79 Å². The normalized spacial score (nSPS) is 10.7. The monoisotopic (exact) mass is 250 g/mol. The Kier molecular flexibility index (Phi) is 6.44. The first-order valence-electron chi connectivity index (χ1n) is 6.74. The number of hydrogen-bond acceptors (Lipinski definition) is 2. The fraction of sp³-hybridized carbons (Fsp3) is 0.533. The second-order valence-corrected chi connectivity index (χ2v) is 4.49. The maximum atomic E-state index is 11.2. The molecule has 1 aromatic carbocycles. The summed E-state index contributed by atoms with van der Waals surface area (Å²) in [5.74, 6) is 0.866. The van der Waals surface area contributed by atoms with Crippen LogP contribution in [0.5, 0.6) is 5.75 Å². The molecule has 1 N–H and O–H groups in total. The topological polar surface area (TPSA) is 30.7 Å². The minimum atomic E-state index is 0.0769. The van der Waals surface area contributed by atoms with Gasteiger partial charge in [0.2, 0.25) is 0 Å². The predicted molar refractivity (Wildman–Crippen MR) is 73.5 cm³/mol. The molecule has 1 aromatic rings. The number of Topliss-reactive ketones (excluding diaryl/α,β-unsaturated/α-hetero) is 1. The number of ketones is 1. The van der Waals surface area contributed by atoms with Crippen molar-refractivity contribution in [3.05, 3.63) is 29.8 Å². The van der Waals surface area contributed by atoms with E-state index >= 15 is 0 Å². The van der Waals surface area contributed by atoms with Gasteiger partial charge in [0.05, 0.1) is 26.2 Å². The quantitative estimate of drug-likeness (QED) is 0.561. The van der Waals surface area contributed by atoms with Crippen molar-refractivity contribution in [3.8, 4) is 5.75 Å². The zero-order valence-electron chi connectivity index (χ0n) is 11.7. The molecule has 0 heterocycles. The average Bonchev–Trinajstić information content (AvgIpc) is 2.39. The number of carbonyl (C=O) groups excluding carboxylic acids is 1.